The minimum Gasteiger partial charge on any atom is -0.309 e. The predicted octanol–water partition coefficient (Wildman–Crippen LogP) is 8.98. The van der Waals surface area contributed by atoms with Gasteiger partial charge in [0.2, 0.25) is 5.95 Å². The average molecular weight is 511 g/mol. The van der Waals surface area contributed by atoms with Gasteiger partial charge in [-0.3, -0.25) is 4.57 Å². The number of aromatic nitrogens is 4. The van der Waals surface area contributed by atoms with E-state index in [0.717, 1.165) is 27.5 Å². The number of hydrogen-bond acceptors (Lipinski definition) is 2. The van der Waals surface area contributed by atoms with Crippen LogP contribution in [0, 0.1) is 0 Å². The summed E-state index contributed by atoms with van der Waals surface area (Å²) < 4.78 is 4.62. The van der Waals surface area contributed by atoms with Gasteiger partial charge in [0.25, 0.3) is 0 Å². The lowest BCUT2D eigenvalue weighted by molar-refractivity contribution is 1.01. The standard InChI is InChI=1S/C36H22N4/c1-3-13-25-23(10-1)12-9-19-31(25)39-32-17-7-4-14-26(32)28-20-29-27-15-5-8-18-33(27)40(35(29)21-34(28)39)36-37-22-24-11-2-6-16-30(24)38-36/h1-22H. The van der Waals surface area contributed by atoms with Crippen molar-refractivity contribution in [1.29, 1.82) is 0 Å². The number of fused-ring (bicyclic) bond motifs is 8. The quantitative estimate of drug-likeness (QED) is 0.233. The summed E-state index contributed by atoms with van der Waals surface area (Å²) in [5.41, 5.74) is 6.65. The molecule has 3 heterocycles. The van der Waals surface area contributed by atoms with Crippen LogP contribution >= 0.6 is 0 Å². The third kappa shape index (κ3) is 2.90. The van der Waals surface area contributed by atoms with Crippen molar-refractivity contribution in [3.8, 4) is 11.6 Å². The Kier molecular flexibility index (Phi) is 4.30. The first kappa shape index (κ1) is 21.5. The van der Waals surface area contributed by atoms with E-state index in [1.807, 2.05) is 24.4 Å². The summed E-state index contributed by atoms with van der Waals surface area (Å²) in [4.78, 5) is 9.85. The van der Waals surface area contributed by atoms with Crippen molar-refractivity contribution < 1.29 is 0 Å². The molecule has 9 rings (SSSR count). The normalized spacial score (nSPS) is 12.0. The molecule has 40 heavy (non-hydrogen) atoms. The molecule has 0 N–H and O–H groups in total. The zero-order chi connectivity index (χ0) is 26.2. The predicted molar refractivity (Wildman–Crippen MR) is 166 cm³/mol. The molecule has 0 atom stereocenters. The number of hydrogen-bond donors (Lipinski definition) is 0. The summed E-state index contributed by atoms with van der Waals surface area (Å²) in [5.74, 6) is 0.678. The number of rotatable bonds is 2. The van der Waals surface area contributed by atoms with Crippen LogP contribution in [-0.4, -0.2) is 19.1 Å². The third-order valence-corrected chi connectivity index (χ3v) is 8.15. The molecule has 0 unspecified atom stereocenters. The van der Waals surface area contributed by atoms with Gasteiger partial charge in [-0.2, -0.15) is 0 Å². The maximum atomic E-state index is 5.01. The van der Waals surface area contributed by atoms with Crippen molar-refractivity contribution in [1.82, 2.24) is 19.1 Å². The lowest BCUT2D eigenvalue weighted by Crippen LogP contribution is -2.01. The fourth-order valence-electron chi connectivity index (χ4n) is 6.38. The van der Waals surface area contributed by atoms with E-state index in [4.69, 9.17) is 9.97 Å². The highest BCUT2D eigenvalue weighted by Gasteiger charge is 2.20. The van der Waals surface area contributed by atoms with E-state index in [1.54, 1.807) is 0 Å². The molecule has 0 saturated carbocycles. The fourth-order valence-corrected chi connectivity index (χ4v) is 6.38. The maximum absolute atomic E-state index is 5.01. The monoisotopic (exact) mass is 510 g/mol. The van der Waals surface area contributed by atoms with E-state index < -0.39 is 0 Å². The van der Waals surface area contributed by atoms with Gasteiger partial charge in [0.05, 0.1) is 33.3 Å². The smallest absolute Gasteiger partial charge is 0.235 e. The third-order valence-electron chi connectivity index (χ3n) is 8.15. The first-order valence-corrected chi connectivity index (χ1v) is 13.5. The highest BCUT2D eigenvalue weighted by atomic mass is 15.2. The molecule has 0 radical (unpaired) electrons. The zero-order valence-electron chi connectivity index (χ0n) is 21.5. The molecule has 0 fully saturated rings. The topological polar surface area (TPSA) is 35.6 Å². The SMILES string of the molecule is c1ccc2nc(-n3c4ccccc4c4cc5c6ccccc6n(-c6cccc7ccccc67)c5cc43)ncc2c1. The van der Waals surface area contributed by atoms with Gasteiger partial charge >= 0.3 is 0 Å². The van der Waals surface area contributed by atoms with Crippen molar-refractivity contribution in [3.05, 3.63) is 134 Å². The summed E-state index contributed by atoms with van der Waals surface area (Å²) in [6, 6.07) is 45.3. The Labute approximate surface area is 229 Å². The Morgan fingerprint density at radius 2 is 1.02 bits per heavy atom. The molecule has 186 valence electrons. The molecule has 4 heteroatoms. The summed E-state index contributed by atoms with van der Waals surface area (Å²) in [6.07, 6.45) is 1.92. The molecule has 6 aromatic carbocycles. The number of para-hydroxylation sites is 3. The Balaban J connectivity index is 1.46. The van der Waals surface area contributed by atoms with Gasteiger partial charge in [-0.25, -0.2) is 9.97 Å². The van der Waals surface area contributed by atoms with Gasteiger partial charge in [0.1, 0.15) is 0 Å². The molecule has 0 spiro atoms. The van der Waals surface area contributed by atoms with Crippen LogP contribution in [0.4, 0.5) is 0 Å². The second-order valence-corrected chi connectivity index (χ2v) is 10.3. The van der Waals surface area contributed by atoms with Crippen LogP contribution in [0.15, 0.2) is 134 Å². The zero-order valence-corrected chi connectivity index (χ0v) is 21.5. The van der Waals surface area contributed by atoms with E-state index >= 15 is 0 Å². The van der Waals surface area contributed by atoms with Gasteiger partial charge in [-0.1, -0.05) is 91.0 Å². The molecule has 0 aliphatic rings. The highest BCUT2D eigenvalue weighted by Crippen LogP contribution is 2.40. The molecule has 0 aliphatic heterocycles. The summed E-state index contributed by atoms with van der Waals surface area (Å²) in [7, 11) is 0. The van der Waals surface area contributed by atoms with Gasteiger partial charge in [0.15, 0.2) is 0 Å². The van der Waals surface area contributed by atoms with E-state index in [-0.39, 0.29) is 0 Å². The molecule has 4 nitrogen and oxygen atoms in total. The van der Waals surface area contributed by atoms with Crippen LogP contribution in [0.1, 0.15) is 0 Å². The van der Waals surface area contributed by atoms with Crippen molar-refractivity contribution >= 4 is 65.3 Å². The second kappa shape index (κ2) is 8.01. The first-order chi connectivity index (χ1) is 19.8. The second-order valence-electron chi connectivity index (χ2n) is 10.3. The lowest BCUT2D eigenvalue weighted by Gasteiger charge is -2.12. The number of benzene rings is 6. The van der Waals surface area contributed by atoms with Crippen LogP contribution in [0.3, 0.4) is 0 Å². The van der Waals surface area contributed by atoms with Crippen LogP contribution in [-0.2, 0) is 0 Å². The highest BCUT2D eigenvalue weighted by molar-refractivity contribution is 6.19. The minimum absolute atomic E-state index is 0.678. The molecule has 0 amide bonds. The Hall–Kier alpha value is -5.48. The molecule has 9 aromatic rings. The lowest BCUT2D eigenvalue weighted by atomic mass is 10.1. The van der Waals surface area contributed by atoms with Crippen molar-refractivity contribution in [2.24, 2.45) is 0 Å². The van der Waals surface area contributed by atoms with E-state index in [1.165, 1.54) is 43.5 Å². The van der Waals surface area contributed by atoms with Gasteiger partial charge in [0, 0.05) is 38.5 Å². The summed E-state index contributed by atoms with van der Waals surface area (Å²) in [6.45, 7) is 0. The maximum Gasteiger partial charge on any atom is 0.235 e. The first-order valence-electron chi connectivity index (χ1n) is 13.5. The Morgan fingerprint density at radius 1 is 0.425 bits per heavy atom. The summed E-state index contributed by atoms with van der Waals surface area (Å²) in [5, 5.41) is 8.35. The van der Waals surface area contributed by atoms with Crippen LogP contribution < -0.4 is 0 Å². The molecule has 0 aliphatic carbocycles. The van der Waals surface area contributed by atoms with Gasteiger partial charge < -0.3 is 4.57 Å². The number of nitrogens with zero attached hydrogens (tertiary/aromatic N) is 4. The van der Waals surface area contributed by atoms with Gasteiger partial charge in [-0.05, 0) is 41.8 Å². The molecule has 0 bridgehead atoms. The van der Waals surface area contributed by atoms with Crippen LogP contribution in [0.2, 0.25) is 0 Å². The fraction of sp³-hybridized carbons (Fsp3) is 0. The van der Waals surface area contributed by atoms with Gasteiger partial charge in [-0.15, -0.1) is 0 Å². The Bertz CT molecular complexity index is 2440. The minimum atomic E-state index is 0.678. The van der Waals surface area contributed by atoms with Crippen molar-refractivity contribution in [3.63, 3.8) is 0 Å². The molecule has 0 saturated heterocycles. The largest absolute Gasteiger partial charge is 0.309 e. The van der Waals surface area contributed by atoms with E-state index in [0.29, 0.717) is 5.95 Å². The van der Waals surface area contributed by atoms with E-state index in [9.17, 15) is 0 Å². The van der Waals surface area contributed by atoms with Crippen LogP contribution in [0.25, 0.3) is 76.9 Å². The Morgan fingerprint density at radius 3 is 1.82 bits per heavy atom. The van der Waals surface area contributed by atoms with E-state index in [2.05, 4.69) is 118 Å². The van der Waals surface area contributed by atoms with Crippen molar-refractivity contribution in [2.75, 3.05) is 0 Å². The molecule has 3 aromatic heterocycles. The molecular formula is C36H22N4. The van der Waals surface area contributed by atoms with Crippen LogP contribution in [0.5, 0.6) is 0 Å². The average Bonchev–Trinajstić information content (AvgIpc) is 3.51. The summed E-state index contributed by atoms with van der Waals surface area (Å²) >= 11 is 0. The van der Waals surface area contributed by atoms with Crippen molar-refractivity contribution in [2.45, 2.75) is 0 Å². The molecular weight excluding hydrogens is 488 g/mol.